The maximum atomic E-state index is 5.79. The summed E-state index contributed by atoms with van der Waals surface area (Å²) in [7, 11) is 0. The van der Waals surface area contributed by atoms with E-state index in [9.17, 15) is 0 Å². The minimum absolute atomic E-state index is 0.545. The van der Waals surface area contributed by atoms with Crippen LogP contribution in [-0.2, 0) is 6.54 Å². The maximum Gasteiger partial charge on any atom is 0.122 e. The van der Waals surface area contributed by atoms with Crippen molar-refractivity contribution in [3.8, 4) is 11.5 Å². The molecule has 0 bridgehead atoms. The maximum absolute atomic E-state index is 5.79. The van der Waals surface area contributed by atoms with E-state index in [1.54, 1.807) is 0 Å². The molecule has 2 rings (SSSR count). The van der Waals surface area contributed by atoms with Crippen molar-refractivity contribution in [1.82, 2.24) is 5.32 Å². The van der Waals surface area contributed by atoms with E-state index in [2.05, 4.69) is 24.4 Å². The number of benzene rings is 2. The van der Waals surface area contributed by atoms with Gasteiger partial charge in [-0.3, -0.25) is 0 Å². The summed E-state index contributed by atoms with van der Waals surface area (Å²) < 4.78 is 11.4. The van der Waals surface area contributed by atoms with E-state index in [1.807, 2.05) is 42.5 Å². The third-order valence-corrected chi connectivity index (χ3v) is 4.05. The van der Waals surface area contributed by atoms with E-state index >= 15 is 0 Å². The summed E-state index contributed by atoms with van der Waals surface area (Å²) in [5.41, 5.74) is 1.26. The molecule has 136 valence electrons. The van der Waals surface area contributed by atoms with Gasteiger partial charge in [-0.15, -0.1) is 0 Å². The highest BCUT2D eigenvalue weighted by atomic mass is 16.5. The third-order valence-electron chi connectivity index (χ3n) is 4.05. The lowest BCUT2D eigenvalue weighted by Gasteiger charge is -2.10. The molecule has 0 spiro atoms. The van der Waals surface area contributed by atoms with Crippen LogP contribution in [0.4, 0.5) is 0 Å². The summed E-state index contributed by atoms with van der Waals surface area (Å²) in [6.07, 6.45) is 6.59. The van der Waals surface area contributed by atoms with Crippen LogP contribution in [0.1, 0.15) is 44.6 Å². The number of para-hydroxylation sites is 1. The van der Waals surface area contributed by atoms with Crippen LogP contribution < -0.4 is 14.8 Å². The van der Waals surface area contributed by atoms with E-state index < -0.39 is 0 Å². The van der Waals surface area contributed by atoms with Gasteiger partial charge in [-0.25, -0.2) is 0 Å². The third kappa shape index (κ3) is 8.59. The van der Waals surface area contributed by atoms with Gasteiger partial charge in [0.1, 0.15) is 24.7 Å². The molecule has 0 saturated carbocycles. The van der Waals surface area contributed by atoms with E-state index in [1.165, 1.54) is 37.7 Å². The Morgan fingerprint density at radius 1 is 0.760 bits per heavy atom. The zero-order valence-electron chi connectivity index (χ0n) is 15.4. The van der Waals surface area contributed by atoms with Crippen molar-refractivity contribution in [2.45, 2.75) is 45.6 Å². The minimum atomic E-state index is 0.545. The first-order chi connectivity index (χ1) is 12.4. The molecule has 0 aromatic heterocycles. The van der Waals surface area contributed by atoms with Crippen molar-refractivity contribution in [2.24, 2.45) is 0 Å². The molecular formula is C22H31NO2. The lowest BCUT2D eigenvalue weighted by atomic mass is 10.1. The second-order valence-corrected chi connectivity index (χ2v) is 6.25. The Kier molecular flexibility index (Phi) is 9.57. The second-order valence-electron chi connectivity index (χ2n) is 6.25. The van der Waals surface area contributed by atoms with Gasteiger partial charge < -0.3 is 14.8 Å². The molecule has 0 unspecified atom stereocenters. The molecule has 25 heavy (non-hydrogen) atoms. The molecule has 0 radical (unpaired) electrons. The lowest BCUT2D eigenvalue weighted by molar-refractivity contribution is 0.217. The van der Waals surface area contributed by atoms with E-state index in [4.69, 9.17) is 9.47 Å². The zero-order valence-corrected chi connectivity index (χ0v) is 15.4. The number of hydrogen-bond donors (Lipinski definition) is 1. The van der Waals surface area contributed by atoms with Crippen LogP contribution in [0.15, 0.2) is 54.6 Å². The Bertz CT molecular complexity index is 571. The van der Waals surface area contributed by atoms with Crippen molar-refractivity contribution in [3.05, 3.63) is 60.2 Å². The molecule has 3 nitrogen and oxygen atoms in total. The van der Waals surface area contributed by atoms with Crippen LogP contribution in [0.5, 0.6) is 11.5 Å². The first-order valence-corrected chi connectivity index (χ1v) is 9.49. The number of ether oxygens (including phenoxy) is 2. The van der Waals surface area contributed by atoms with E-state index in [-0.39, 0.29) is 0 Å². The summed E-state index contributed by atoms with van der Waals surface area (Å²) in [5.74, 6) is 1.78. The highest BCUT2D eigenvalue weighted by molar-refractivity contribution is 5.28. The fourth-order valence-electron chi connectivity index (χ4n) is 2.67. The summed E-state index contributed by atoms with van der Waals surface area (Å²) in [4.78, 5) is 0. The van der Waals surface area contributed by atoms with Gasteiger partial charge in [0, 0.05) is 6.54 Å². The largest absolute Gasteiger partial charge is 0.490 e. The van der Waals surface area contributed by atoms with Gasteiger partial charge in [0.05, 0.1) is 0 Å². The van der Waals surface area contributed by atoms with Crippen molar-refractivity contribution in [1.29, 1.82) is 0 Å². The van der Waals surface area contributed by atoms with Gasteiger partial charge in [0.2, 0.25) is 0 Å². The monoisotopic (exact) mass is 341 g/mol. The first-order valence-electron chi connectivity index (χ1n) is 9.49. The molecule has 3 heteroatoms. The van der Waals surface area contributed by atoms with Crippen molar-refractivity contribution >= 4 is 0 Å². The molecule has 1 N–H and O–H groups in total. The molecule has 0 atom stereocenters. The topological polar surface area (TPSA) is 30.5 Å². The molecule has 0 aliphatic carbocycles. The van der Waals surface area contributed by atoms with Gasteiger partial charge in [0.15, 0.2) is 0 Å². The van der Waals surface area contributed by atoms with Crippen LogP contribution in [0, 0.1) is 0 Å². The highest BCUT2D eigenvalue weighted by Crippen LogP contribution is 2.14. The van der Waals surface area contributed by atoms with Crippen molar-refractivity contribution in [2.75, 3.05) is 19.8 Å². The summed E-state index contributed by atoms with van der Waals surface area (Å²) >= 11 is 0. The van der Waals surface area contributed by atoms with Crippen LogP contribution >= 0.6 is 0 Å². The van der Waals surface area contributed by atoms with Crippen molar-refractivity contribution < 1.29 is 9.47 Å². The number of hydrogen-bond acceptors (Lipinski definition) is 3. The van der Waals surface area contributed by atoms with Gasteiger partial charge >= 0.3 is 0 Å². The fourth-order valence-corrected chi connectivity index (χ4v) is 2.67. The average Bonchev–Trinajstić information content (AvgIpc) is 2.66. The Hall–Kier alpha value is -2.00. The second kappa shape index (κ2) is 12.4. The predicted octanol–water partition coefficient (Wildman–Crippen LogP) is 5.20. The van der Waals surface area contributed by atoms with E-state index in [0.29, 0.717) is 13.2 Å². The molecule has 0 aliphatic heterocycles. The zero-order chi connectivity index (χ0) is 17.6. The molecule has 2 aromatic rings. The molecule has 0 fully saturated rings. The van der Waals surface area contributed by atoms with Crippen molar-refractivity contribution in [3.63, 3.8) is 0 Å². The normalized spacial score (nSPS) is 10.6. The minimum Gasteiger partial charge on any atom is -0.490 e. The summed E-state index contributed by atoms with van der Waals surface area (Å²) in [5, 5.41) is 3.51. The van der Waals surface area contributed by atoms with Gasteiger partial charge in [-0.05, 0) is 42.8 Å². The quantitative estimate of drug-likeness (QED) is 0.508. The lowest BCUT2D eigenvalue weighted by Crippen LogP contribution is -2.15. The molecular weight excluding hydrogens is 310 g/mol. The van der Waals surface area contributed by atoms with Crippen LogP contribution in [0.3, 0.4) is 0 Å². The summed E-state index contributed by atoms with van der Waals surface area (Å²) in [6, 6.07) is 18.1. The van der Waals surface area contributed by atoms with E-state index in [0.717, 1.165) is 24.6 Å². The summed E-state index contributed by atoms with van der Waals surface area (Å²) in [6.45, 7) is 5.32. The number of unbranched alkanes of at least 4 members (excludes halogenated alkanes) is 4. The molecule has 2 aromatic carbocycles. The Morgan fingerprint density at radius 3 is 2.28 bits per heavy atom. The molecule has 0 aliphatic rings. The smallest absolute Gasteiger partial charge is 0.122 e. The predicted molar refractivity (Wildman–Crippen MR) is 104 cm³/mol. The van der Waals surface area contributed by atoms with Gasteiger partial charge in [-0.1, -0.05) is 62.9 Å². The Labute approximate surface area is 152 Å². The van der Waals surface area contributed by atoms with Gasteiger partial charge in [-0.2, -0.15) is 0 Å². The number of nitrogens with one attached hydrogen (secondary N) is 1. The fraction of sp³-hybridized carbons (Fsp3) is 0.455. The Balaban J connectivity index is 1.60. The molecule has 0 amide bonds. The van der Waals surface area contributed by atoms with Crippen LogP contribution in [-0.4, -0.2) is 19.8 Å². The SMILES string of the molecule is CCCCCCCNCc1cccc(OCCOc2ccccc2)c1. The average molecular weight is 341 g/mol. The van der Waals surface area contributed by atoms with Gasteiger partial charge in [0.25, 0.3) is 0 Å². The molecule has 0 saturated heterocycles. The first kappa shape index (κ1) is 19.3. The number of rotatable bonds is 13. The standard InChI is InChI=1S/C22H31NO2/c1-2-3-4-5-9-15-23-19-20-11-10-14-22(18-20)25-17-16-24-21-12-7-6-8-13-21/h6-8,10-14,18,23H,2-5,9,15-17,19H2,1H3. The van der Waals surface area contributed by atoms with Crippen LogP contribution in [0.25, 0.3) is 0 Å². The Morgan fingerprint density at radius 2 is 1.48 bits per heavy atom. The molecule has 0 heterocycles. The highest BCUT2D eigenvalue weighted by Gasteiger charge is 1.98. The van der Waals surface area contributed by atoms with Crippen LogP contribution in [0.2, 0.25) is 0 Å².